The molecule has 0 saturated heterocycles. The van der Waals surface area contributed by atoms with E-state index in [9.17, 15) is 23.5 Å². The fraction of sp³-hybridized carbons (Fsp3) is 0.520. The van der Waals surface area contributed by atoms with Gasteiger partial charge in [-0.05, 0) is 38.0 Å². The fourth-order valence-electron chi connectivity index (χ4n) is 4.68. The van der Waals surface area contributed by atoms with E-state index in [1.54, 1.807) is 24.0 Å². The van der Waals surface area contributed by atoms with Crippen LogP contribution in [-0.4, -0.2) is 72.2 Å². The van der Waals surface area contributed by atoms with Crippen LogP contribution in [0.5, 0.6) is 5.75 Å². The number of amides is 2. The first-order valence-corrected chi connectivity index (χ1v) is 12.3. The number of hydrogen-bond acceptors (Lipinski definition) is 8. The number of aliphatic hydroxyl groups excluding tert-OH is 1. The summed E-state index contributed by atoms with van der Waals surface area (Å²) in [6.07, 6.45) is 5.07. The van der Waals surface area contributed by atoms with Crippen LogP contribution < -0.4 is 25.2 Å². The van der Waals surface area contributed by atoms with Crippen molar-refractivity contribution in [1.29, 1.82) is 0 Å². The Hall–Kier alpha value is -3.54. The second-order valence-electron chi connectivity index (χ2n) is 9.49. The number of aromatic nitrogens is 2. The number of rotatable bonds is 7. The Balaban J connectivity index is 1.65. The molecule has 4 rings (SSSR count). The molecule has 1 aliphatic carbocycles. The number of nitrogens with zero attached hydrogens (tertiary/aromatic N) is 4. The van der Waals surface area contributed by atoms with Crippen molar-refractivity contribution in [3.05, 3.63) is 30.0 Å². The van der Waals surface area contributed by atoms with E-state index in [0.29, 0.717) is 17.0 Å². The highest BCUT2D eigenvalue weighted by Crippen LogP contribution is 2.39. The number of hydrogen-bond donors (Lipinski definition) is 3. The van der Waals surface area contributed by atoms with E-state index in [2.05, 4.69) is 20.6 Å². The van der Waals surface area contributed by atoms with E-state index >= 15 is 0 Å². The van der Waals surface area contributed by atoms with E-state index < -0.39 is 24.5 Å². The molecule has 0 bridgehead atoms. The molecule has 10 nitrogen and oxygen atoms in total. The Labute approximate surface area is 214 Å². The van der Waals surface area contributed by atoms with Crippen molar-refractivity contribution in [2.24, 2.45) is 0 Å². The minimum atomic E-state index is -3.56. The number of aliphatic hydroxyl groups is 1. The van der Waals surface area contributed by atoms with Crippen LogP contribution in [0.1, 0.15) is 49.4 Å². The molecule has 200 valence electrons. The molecule has 2 heterocycles. The van der Waals surface area contributed by atoms with Crippen molar-refractivity contribution in [3.63, 3.8) is 0 Å². The molecule has 37 heavy (non-hydrogen) atoms. The lowest BCUT2D eigenvalue weighted by Crippen LogP contribution is -2.49. The quantitative estimate of drug-likeness (QED) is 0.512. The van der Waals surface area contributed by atoms with Crippen molar-refractivity contribution >= 4 is 35.0 Å². The number of ether oxygens (including phenoxy) is 1. The average Bonchev–Trinajstić information content (AvgIpc) is 2.96. The first-order valence-electron chi connectivity index (χ1n) is 12.3. The van der Waals surface area contributed by atoms with Crippen LogP contribution in [-0.2, 0) is 4.79 Å². The van der Waals surface area contributed by atoms with Crippen LogP contribution in [0, 0.1) is 0 Å². The number of nitrogens with one attached hydrogen (secondary N) is 2. The SMILES string of the molecule is COc1cc(C(=O)NC[C@H](C)O)ccc1Nc1ncc2c(n1)N(C1CCCCC1)CC(F)(F)C(=O)N2C. The van der Waals surface area contributed by atoms with Gasteiger partial charge in [0.25, 0.3) is 11.8 Å². The van der Waals surface area contributed by atoms with E-state index in [-0.39, 0.29) is 35.9 Å². The predicted molar refractivity (Wildman–Crippen MR) is 135 cm³/mol. The Morgan fingerprint density at radius 3 is 2.70 bits per heavy atom. The highest BCUT2D eigenvalue weighted by atomic mass is 19.3. The van der Waals surface area contributed by atoms with Crippen molar-refractivity contribution in [1.82, 2.24) is 15.3 Å². The topological polar surface area (TPSA) is 120 Å². The van der Waals surface area contributed by atoms with Gasteiger partial charge in [-0.2, -0.15) is 13.8 Å². The molecule has 12 heteroatoms. The van der Waals surface area contributed by atoms with Crippen LogP contribution in [0.25, 0.3) is 0 Å². The van der Waals surface area contributed by atoms with Gasteiger partial charge < -0.3 is 30.3 Å². The second kappa shape index (κ2) is 10.8. The summed E-state index contributed by atoms with van der Waals surface area (Å²) in [7, 11) is 2.75. The zero-order valence-corrected chi connectivity index (χ0v) is 21.1. The maximum atomic E-state index is 14.9. The van der Waals surface area contributed by atoms with Crippen molar-refractivity contribution in [3.8, 4) is 5.75 Å². The molecular formula is C25H32F2N6O4. The number of carbonyl (C=O) groups excluding carboxylic acids is 2. The first-order chi connectivity index (χ1) is 17.6. The number of fused-ring (bicyclic) bond motifs is 1. The standard InChI is InChI=1S/C25H32F2N6O4/c1-15(34)12-28-22(35)16-9-10-18(20(11-16)37-3)30-24-29-13-19-21(31-24)33(17-7-5-4-6-8-17)14-25(26,27)23(36)32(19)2/h9-11,13,15,17,34H,4-8,12,14H2,1-3H3,(H,28,35)(H,29,30,31)/t15-/m0/s1. The number of anilines is 4. The number of carbonyl (C=O) groups is 2. The number of alkyl halides is 2. The van der Waals surface area contributed by atoms with E-state index in [1.165, 1.54) is 26.4 Å². The Morgan fingerprint density at radius 1 is 1.30 bits per heavy atom. The molecule has 1 atom stereocenters. The lowest BCUT2D eigenvalue weighted by Gasteiger charge is -2.35. The summed E-state index contributed by atoms with van der Waals surface area (Å²) in [6, 6.07) is 4.57. The van der Waals surface area contributed by atoms with Gasteiger partial charge in [0.2, 0.25) is 5.95 Å². The summed E-state index contributed by atoms with van der Waals surface area (Å²) in [4.78, 5) is 36.2. The Morgan fingerprint density at radius 2 is 2.03 bits per heavy atom. The van der Waals surface area contributed by atoms with Crippen molar-refractivity contribution in [2.45, 2.75) is 57.1 Å². The van der Waals surface area contributed by atoms with Crippen LogP contribution in [0.3, 0.4) is 0 Å². The van der Waals surface area contributed by atoms with Gasteiger partial charge in [0.1, 0.15) is 11.4 Å². The molecule has 1 aromatic carbocycles. The molecule has 1 saturated carbocycles. The third-order valence-electron chi connectivity index (χ3n) is 6.65. The summed E-state index contributed by atoms with van der Waals surface area (Å²) in [5, 5.41) is 15.1. The fourth-order valence-corrected chi connectivity index (χ4v) is 4.68. The molecule has 1 fully saturated rings. The normalized spacial score (nSPS) is 18.6. The third kappa shape index (κ3) is 5.74. The summed E-state index contributed by atoms with van der Waals surface area (Å²) in [5.41, 5.74) is 1.01. The van der Waals surface area contributed by atoms with Crippen LogP contribution in [0.15, 0.2) is 24.4 Å². The molecule has 2 aliphatic rings. The molecule has 0 spiro atoms. The second-order valence-corrected chi connectivity index (χ2v) is 9.49. The number of halogens is 2. The molecule has 0 radical (unpaired) electrons. The first kappa shape index (κ1) is 26.5. The molecule has 2 amide bonds. The van der Waals surface area contributed by atoms with Gasteiger partial charge in [-0.15, -0.1) is 0 Å². The summed E-state index contributed by atoms with van der Waals surface area (Å²) in [6.45, 7) is 0.931. The minimum absolute atomic E-state index is 0.109. The molecule has 2 aromatic rings. The van der Waals surface area contributed by atoms with Crippen LogP contribution >= 0.6 is 0 Å². The lowest BCUT2D eigenvalue weighted by atomic mass is 9.94. The molecule has 3 N–H and O–H groups in total. The highest BCUT2D eigenvalue weighted by molar-refractivity contribution is 6.02. The van der Waals surface area contributed by atoms with Gasteiger partial charge in [0.05, 0.1) is 31.6 Å². The smallest absolute Gasteiger partial charge is 0.342 e. The van der Waals surface area contributed by atoms with Gasteiger partial charge in [-0.3, -0.25) is 9.59 Å². The minimum Gasteiger partial charge on any atom is -0.495 e. The molecular weight excluding hydrogens is 486 g/mol. The summed E-state index contributed by atoms with van der Waals surface area (Å²) < 4.78 is 35.2. The van der Waals surface area contributed by atoms with Gasteiger partial charge in [0.15, 0.2) is 5.82 Å². The summed E-state index contributed by atoms with van der Waals surface area (Å²) >= 11 is 0. The predicted octanol–water partition coefficient (Wildman–Crippen LogP) is 3.09. The van der Waals surface area contributed by atoms with E-state index in [1.807, 2.05) is 0 Å². The van der Waals surface area contributed by atoms with Crippen molar-refractivity contribution in [2.75, 3.05) is 42.4 Å². The molecule has 1 aliphatic heterocycles. The monoisotopic (exact) mass is 518 g/mol. The average molecular weight is 519 g/mol. The lowest BCUT2D eigenvalue weighted by molar-refractivity contribution is -0.140. The van der Waals surface area contributed by atoms with Crippen molar-refractivity contribution < 1.29 is 28.2 Å². The Bertz CT molecular complexity index is 1160. The summed E-state index contributed by atoms with van der Waals surface area (Å²) in [5.74, 6) is -4.48. The number of methoxy groups -OCH3 is 1. The maximum Gasteiger partial charge on any atom is 0.342 e. The van der Waals surface area contributed by atoms with Gasteiger partial charge >= 0.3 is 5.92 Å². The Kier molecular flexibility index (Phi) is 7.76. The maximum absolute atomic E-state index is 14.9. The molecule has 0 unspecified atom stereocenters. The zero-order valence-electron chi connectivity index (χ0n) is 21.1. The third-order valence-corrected chi connectivity index (χ3v) is 6.65. The van der Waals surface area contributed by atoms with Gasteiger partial charge in [-0.25, -0.2) is 4.98 Å². The van der Waals surface area contributed by atoms with E-state index in [0.717, 1.165) is 37.0 Å². The van der Waals surface area contributed by atoms with Crippen LogP contribution in [0.2, 0.25) is 0 Å². The van der Waals surface area contributed by atoms with E-state index in [4.69, 9.17) is 4.74 Å². The highest BCUT2D eigenvalue weighted by Gasteiger charge is 2.48. The zero-order chi connectivity index (χ0) is 26.7. The van der Waals surface area contributed by atoms with Gasteiger partial charge in [0, 0.05) is 25.2 Å². The number of benzene rings is 1. The largest absolute Gasteiger partial charge is 0.495 e. The van der Waals surface area contributed by atoms with Gasteiger partial charge in [-0.1, -0.05) is 19.3 Å². The molecule has 1 aromatic heterocycles. The van der Waals surface area contributed by atoms with Crippen LogP contribution in [0.4, 0.5) is 31.9 Å².